The number of nitrogens with one attached hydrogen (secondary N) is 1. The van der Waals surface area contributed by atoms with Gasteiger partial charge in [0.05, 0.1) is 85.7 Å². The number of carbonyl (C=O) groups is 2. The lowest BCUT2D eigenvalue weighted by atomic mass is 10.3. The Morgan fingerprint density at radius 2 is 0.914 bits per heavy atom. The Hall–Kier alpha value is -1.34. The topological polar surface area (TPSA) is 131 Å². The van der Waals surface area contributed by atoms with Gasteiger partial charge in [0.25, 0.3) is 0 Å². The Kier molecular flexibility index (Phi) is 27.8. The quantitative estimate of drug-likeness (QED) is 0.144. The van der Waals surface area contributed by atoms with Crippen LogP contribution < -0.4 is 5.32 Å². The van der Waals surface area contributed by atoms with Crippen molar-refractivity contribution >= 4 is 11.9 Å². The summed E-state index contributed by atoms with van der Waals surface area (Å²) >= 11 is 0. The Morgan fingerprint density at radius 3 is 1.29 bits per heavy atom. The lowest BCUT2D eigenvalue weighted by Crippen LogP contribution is -2.25. The standard InChI is InChI=1S/C24H47NO10/c1-2-3-4-9-29-11-13-31-15-17-33-19-21-35-22-20-34-18-16-32-14-12-30-10-5-8-25-23(26)6-7-24(27)28/h2-22H2,1H3,(H,25,26)(H,27,28). The van der Waals surface area contributed by atoms with E-state index in [0.29, 0.717) is 98.9 Å². The fourth-order valence-electron chi connectivity index (χ4n) is 2.59. The van der Waals surface area contributed by atoms with Gasteiger partial charge in [-0.3, -0.25) is 9.59 Å². The number of ether oxygens (including phenoxy) is 7. The smallest absolute Gasteiger partial charge is 0.303 e. The molecule has 208 valence electrons. The molecule has 0 spiro atoms. The second-order valence-electron chi connectivity index (χ2n) is 7.59. The van der Waals surface area contributed by atoms with Crippen molar-refractivity contribution in [2.24, 2.45) is 0 Å². The van der Waals surface area contributed by atoms with Crippen molar-refractivity contribution in [1.29, 1.82) is 0 Å². The normalized spacial score (nSPS) is 11.1. The molecule has 0 radical (unpaired) electrons. The second-order valence-corrected chi connectivity index (χ2v) is 7.59. The first-order valence-corrected chi connectivity index (χ1v) is 12.7. The zero-order valence-corrected chi connectivity index (χ0v) is 21.5. The van der Waals surface area contributed by atoms with Gasteiger partial charge in [-0.1, -0.05) is 19.8 Å². The van der Waals surface area contributed by atoms with E-state index in [-0.39, 0.29) is 18.7 Å². The maximum absolute atomic E-state index is 11.3. The van der Waals surface area contributed by atoms with E-state index in [1.165, 1.54) is 12.8 Å². The van der Waals surface area contributed by atoms with Gasteiger partial charge < -0.3 is 43.6 Å². The molecule has 0 aromatic carbocycles. The first-order chi connectivity index (χ1) is 17.2. The molecule has 0 unspecified atom stereocenters. The van der Waals surface area contributed by atoms with E-state index in [9.17, 15) is 9.59 Å². The number of hydrogen-bond acceptors (Lipinski definition) is 9. The van der Waals surface area contributed by atoms with Gasteiger partial charge >= 0.3 is 5.97 Å². The summed E-state index contributed by atoms with van der Waals surface area (Å²) in [4.78, 5) is 21.7. The van der Waals surface area contributed by atoms with Crippen LogP contribution in [0.15, 0.2) is 0 Å². The highest BCUT2D eigenvalue weighted by molar-refractivity contribution is 5.80. The molecule has 0 saturated carbocycles. The average Bonchev–Trinajstić information content (AvgIpc) is 2.85. The van der Waals surface area contributed by atoms with E-state index in [4.69, 9.17) is 38.3 Å². The van der Waals surface area contributed by atoms with Gasteiger partial charge in [0, 0.05) is 26.2 Å². The minimum atomic E-state index is -0.976. The number of hydrogen-bond donors (Lipinski definition) is 2. The van der Waals surface area contributed by atoms with Crippen molar-refractivity contribution in [2.45, 2.75) is 45.4 Å². The summed E-state index contributed by atoms with van der Waals surface area (Å²) in [5, 5.41) is 11.1. The Balaban J connectivity index is 3.08. The summed E-state index contributed by atoms with van der Waals surface area (Å²) in [7, 11) is 0. The number of aliphatic carboxylic acids is 1. The van der Waals surface area contributed by atoms with Gasteiger partial charge in [0.15, 0.2) is 0 Å². The van der Waals surface area contributed by atoms with E-state index in [2.05, 4.69) is 12.2 Å². The fourth-order valence-corrected chi connectivity index (χ4v) is 2.59. The molecule has 2 N–H and O–H groups in total. The molecule has 11 heteroatoms. The monoisotopic (exact) mass is 509 g/mol. The van der Waals surface area contributed by atoms with E-state index in [1.54, 1.807) is 0 Å². The molecule has 0 aliphatic rings. The third kappa shape index (κ3) is 30.6. The van der Waals surface area contributed by atoms with Crippen LogP contribution in [0.1, 0.15) is 45.4 Å². The minimum Gasteiger partial charge on any atom is -0.481 e. The number of rotatable bonds is 29. The van der Waals surface area contributed by atoms with Crippen molar-refractivity contribution in [3.63, 3.8) is 0 Å². The molecule has 1 amide bonds. The Bertz CT molecular complexity index is 468. The van der Waals surface area contributed by atoms with E-state index < -0.39 is 5.97 Å². The zero-order chi connectivity index (χ0) is 25.7. The summed E-state index contributed by atoms with van der Waals surface area (Å²) in [6.07, 6.45) is 4.03. The van der Waals surface area contributed by atoms with Gasteiger partial charge in [-0.2, -0.15) is 0 Å². The number of unbranched alkanes of at least 4 members (excludes halogenated alkanes) is 2. The predicted octanol–water partition coefficient (Wildman–Crippen LogP) is 1.66. The molecule has 0 aliphatic heterocycles. The maximum Gasteiger partial charge on any atom is 0.303 e. The molecule has 0 aliphatic carbocycles. The highest BCUT2D eigenvalue weighted by Crippen LogP contribution is 1.94. The highest BCUT2D eigenvalue weighted by Gasteiger charge is 2.04. The lowest BCUT2D eigenvalue weighted by molar-refractivity contribution is -0.138. The largest absolute Gasteiger partial charge is 0.481 e. The molecule has 0 heterocycles. The van der Waals surface area contributed by atoms with Crippen LogP contribution in [0.5, 0.6) is 0 Å². The maximum atomic E-state index is 11.3. The molecule has 0 rings (SSSR count). The van der Waals surface area contributed by atoms with Crippen molar-refractivity contribution in [3.8, 4) is 0 Å². The van der Waals surface area contributed by atoms with Gasteiger partial charge in [-0.15, -0.1) is 0 Å². The van der Waals surface area contributed by atoms with Gasteiger partial charge in [-0.05, 0) is 12.8 Å². The van der Waals surface area contributed by atoms with Crippen LogP contribution in [0.4, 0.5) is 0 Å². The molecule has 0 atom stereocenters. The summed E-state index contributed by atoms with van der Waals surface area (Å²) < 4.78 is 38.0. The van der Waals surface area contributed by atoms with Gasteiger partial charge in [0.1, 0.15) is 0 Å². The highest BCUT2D eigenvalue weighted by atomic mass is 16.6. The van der Waals surface area contributed by atoms with Gasteiger partial charge in [0.2, 0.25) is 5.91 Å². The summed E-state index contributed by atoms with van der Waals surface area (Å²) in [6.45, 7) is 10.2. The van der Waals surface area contributed by atoms with Crippen LogP contribution in [-0.2, 0) is 42.7 Å². The molecule has 0 bridgehead atoms. The molecular formula is C24H47NO10. The molecule has 0 aromatic heterocycles. The van der Waals surface area contributed by atoms with Crippen molar-refractivity contribution in [3.05, 3.63) is 0 Å². The predicted molar refractivity (Wildman–Crippen MR) is 130 cm³/mol. The third-order valence-corrected chi connectivity index (χ3v) is 4.48. The zero-order valence-electron chi connectivity index (χ0n) is 21.5. The van der Waals surface area contributed by atoms with E-state index >= 15 is 0 Å². The molecule has 35 heavy (non-hydrogen) atoms. The fraction of sp³-hybridized carbons (Fsp3) is 0.917. The van der Waals surface area contributed by atoms with Crippen LogP contribution in [0.3, 0.4) is 0 Å². The molecule has 0 fully saturated rings. The van der Waals surface area contributed by atoms with E-state index in [1.807, 2.05) is 0 Å². The Morgan fingerprint density at radius 1 is 0.543 bits per heavy atom. The SMILES string of the molecule is CCCCCOCCOCCOCCOCCOCCOCCOCCCNC(=O)CCC(=O)O. The first-order valence-electron chi connectivity index (χ1n) is 12.7. The van der Waals surface area contributed by atoms with Crippen LogP contribution in [0.25, 0.3) is 0 Å². The molecular weight excluding hydrogens is 462 g/mol. The third-order valence-electron chi connectivity index (χ3n) is 4.48. The number of carboxylic acid groups (broad SMARTS) is 1. The van der Waals surface area contributed by atoms with Gasteiger partial charge in [-0.25, -0.2) is 0 Å². The van der Waals surface area contributed by atoms with E-state index in [0.717, 1.165) is 13.0 Å². The molecule has 11 nitrogen and oxygen atoms in total. The van der Waals surface area contributed by atoms with Crippen LogP contribution >= 0.6 is 0 Å². The summed E-state index contributed by atoms with van der Waals surface area (Å²) in [6, 6.07) is 0. The lowest BCUT2D eigenvalue weighted by Gasteiger charge is -2.08. The average molecular weight is 510 g/mol. The molecule has 0 saturated heterocycles. The van der Waals surface area contributed by atoms with Crippen molar-refractivity contribution < 1.29 is 47.9 Å². The number of carboxylic acids is 1. The Labute approximate surface area is 210 Å². The number of amides is 1. The second kappa shape index (κ2) is 28.9. The van der Waals surface area contributed by atoms with Crippen molar-refractivity contribution in [2.75, 3.05) is 99.0 Å². The minimum absolute atomic E-state index is 0.00130. The van der Waals surface area contributed by atoms with Crippen LogP contribution in [0, 0.1) is 0 Å². The summed E-state index contributed by atoms with van der Waals surface area (Å²) in [5.41, 5.74) is 0. The van der Waals surface area contributed by atoms with Crippen molar-refractivity contribution in [1.82, 2.24) is 5.32 Å². The van der Waals surface area contributed by atoms with Crippen LogP contribution in [0.2, 0.25) is 0 Å². The summed E-state index contributed by atoms with van der Waals surface area (Å²) in [5.74, 6) is -1.24. The number of carbonyl (C=O) groups excluding carboxylic acids is 1. The van der Waals surface area contributed by atoms with Crippen LogP contribution in [-0.4, -0.2) is 116 Å². The first kappa shape index (κ1) is 33.7. The molecule has 0 aromatic rings.